The van der Waals surface area contributed by atoms with Crippen molar-refractivity contribution >= 4 is 38.6 Å². The first kappa shape index (κ1) is 32.2. The van der Waals surface area contributed by atoms with Gasteiger partial charge in [0.1, 0.15) is 11.8 Å². The van der Waals surface area contributed by atoms with Crippen LogP contribution in [-0.2, 0) is 11.3 Å². The summed E-state index contributed by atoms with van der Waals surface area (Å²) in [5.41, 5.74) is 7.29. The van der Waals surface area contributed by atoms with E-state index in [4.69, 9.17) is 10.5 Å². The number of aromatic nitrogens is 4. The van der Waals surface area contributed by atoms with Gasteiger partial charge in [-0.05, 0) is 19.8 Å². The molecule has 0 aromatic carbocycles. The molecule has 0 radical (unpaired) electrons. The molecule has 2 aromatic rings. The fourth-order valence-corrected chi connectivity index (χ4v) is 6.80. The molecule has 212 valence electrons. The van der Waals surface area contributed by atoms with Gasteiger partial charge in [0.25, 0.3) is 0 Å². The van der Waals surface area contributed by atoms with Gasteiger partial charge in [-0.3, -0.25) is 0 Å². The average Bonchev–Trinajstić information content (AvgIpc) is 3.31. The molecule has 0 amide bonds. The van der Waals surface area contributed by atoms with Crippen LogP contribution >= 0.6 is 21.6 Å². The van der Waals surface area contributed by atoms with Crippen LogP contribution in [-0.4, -0.2) is 43.7 Å². The van der Waals surface area contributed by atoms with Crippen molar-refractivity contribution < 1.29 is 4.74 Å². The maximum Gasteiger partial charge on any atom is 0.165 e. The van der Waals surface area contributed by atoms with Crippen molar-refractivity contribution in [2.45, 2.75) is 136 Å². The predicted octanol–water partition coefficient (Wildman–Crippen LogP) is 8.85. The van der Waals surface area contributed by atoms with Crippen LogP contribution in [0.15, 0.2) is 12.7 Å². The van der Waals surface area contributed by atoms with E-state index in [0.29, 0.717) is 17.9 Å². The van der Waals surface area contributed by atoms with Crippen LogP contribution < -0.4 is 5.73 Å². The molecule has 0 saturated heterocycles. The maximum atomic E-state index is 5.99. The number of rotatable bonds is 25. The van der Waals surface area contributed by atoms with Crippen LogP contribution in [0.1, 0.15) is 123 Å². The van der Waals surface area contributed by atoms with Gasteiger partial charge in [-0.25, -0.2) is 15.0 Å². The lowest BCUT2D eigenvalue weighted by Gasteiger charge is -2.14. The molecule has 1 unspecified atom stereocenters. The van der Waals surface area contributed by atoms with Gasteiger partial charge in [0.15, 0.2) is 11.5 Å². The average molecular weight is 552 g/mol. The smallest absolute Gasteiger partial charge is 0.165 e. The molecule has 2 N–H and O–H groups in total. The van der Waals surface area contributed by atoms with E-state index in [2.05, 4.69) is 28.8 Å². The quantitative estimate of drug-likeness (QED) is 0.0975. The Bertz CT molecular complexity index is 804. The van der Waals surface area contributed by atoms with E-state index in [1.807, 2.05) is 26.2 Å². The van der Waals surface area contributed by atoms with Crippen molar-refractivity contribution in [1.29, 1.82) is 0 Å². The molecule has 0 aliphatic heterocycles. The minimum absolute atomic E-state index is 0.108. The number of nitrogens with two attached hydrogens (primary N) is 1. The molecule has 0 spiro atoms. The molecular formula is C29H53N5OS2. The second kappa shape index (κ2) is 21.9. The highest BCUT2D eigenvalue weighted by Gasteiger charge is 2.10. The third-order valence-electron chi connectivity index (χ3n) is 6.82. The van der Waals surface area contributed by atoms with Crippen LogP contribution in [0, 0.1) is 0 Å². The van der Waals surface area contributed by atoms with Crippen molar-refractivity contribution in [1.82, 2.24) is 19.5 Å². The van der Waals surface area contributed by atoms with Gasteiger partial charge in [-0.15, -0.1) is 0 Å². The fourth-order valence-electron chi connectivity index (χ4n) is 4.59. The number of unbranched alkanes of at least 4 members (excludes halogenated alkanes) is 15. The molecule has 2 heterocycles. The second-order valence-corrected chi connectivity index (χ2v) is 13.0. The Hall–Kier alpha value is -0.990. The Morgan fingerprint density at radius 1 is 0.757 bits per heavy atom. The minimum atomic E-state index is 0.108. The minimum Gasteiger partial charge on any atom is -0.382 e. The summed E-state index contributed by atoms with van der Waals surface area (Å²) < 4.78 is 7.98. The lowest BCUT2D eigenvalue weighted by atomic mass is 10.0. The summed E-state index contributed by atoms with van der Waals surface area (Å²) in [6.45, 7) is 5.89. The van der Waals surface area contributed by atoms with Gasteiger partial charge < -0.3 is 15.0 Å². The Kier molecular flexibility index (Phi) is 19.1. The van der Waals surface area contributed by atoms with E-state index in [1.54, 1.807) is 6.33 Å². The maximum absolute atomic E-state index is 5.99. The molecule has 2 rings (SSSR count). The van der Waals surface area contributed by atoms with Crippen molar-refractivity contribution in [2.24, 2.45) is 0 Å². The van der Waals surface area contributed by atoms with Crippen molar-refractivity contribution in [3.05, 3.63) is 12.7 Å². The zero-order valence-electron chi connectivity index (χ0n) is 23.7. The largest absolute Gasteiger partial charge is 0.382 e. The third-order valence-corrected chi connectivity index (χ3v) is 9.40. The first-order valence-corrected chi connectivity index (χ1v) is 17.5. The van der Waals surface area contributed by atoms with E-state index < -0.39 is 0 Å². The number of anilines is 1. The normalized spacial score (nSPS) is 12.5. The lowest BCUT2D eigenvalue weighted by Crippen LogP contribution is -2.17. The van der Waals surface area contributed by atoms with Crippen molar-refractivity contribution in [3.8, 4) is 0 Å². The topological polar surface area (TPSA) is 78.9 Å². The number of imidazole rings is 1. The summed E-state index contributed by atoms with van der Waals surface area (Å²) in [5.74, 6) is 2.85. The first-order chi connectivity index (χ1) is 18.2. The Morgan fingerprint density at radius 3 is 1.89 bits per heavy atom. The lowest BCUT2D eigenvalue weighted by molar-refractivity contribution is 0.0559. The standard InChI is InChI=1S/C29H53N5OS2/c1-3-4-5-6-7-8-9-10-11-12-13-14-15-16-17-18-21-36-37-22-19-20-35-26(2)23-34-25-33-27-28(30)31-24-32-29(27)34/h24-26H,3-23H2,1-2H3,(H2,30,31,32). The third kappa shape index (κ3) is 15.3. The zero-order valence-corrected chi connectivity index (χ0v) is 25.3. The molecular weight excluding hydrogens is 498 g/mol. The summed E-state index contributed by atoms with van der Waals surface area (Å²) in [6.07, 6.45) is 27.4. The van der Waals surface area contributed by atoms with Gasteiger partial charge in [-0.1, -0.05) is 125 Å². The van der Waals surface area contributed by atoms with Crippen molar-refractivity contribution in [2.75, 3.05) is 23.8 Å². The summed E-state index contributed by atoms with van der Waals surface area (Å²) >= 11 is 0. The van der Waals surface area contributed by atoms with Crippen molar-refractivity contribution in [3.63, 3.8) is 0 Å². The van der Waals surface area contributed by atoms with Gasteiger partial charge in [0, 0.05) is 18.1 Å². The Labute approximate surface area is 234 Å². The number of nitrogen functional groups attached to an aromatic ring is 1. The molecule has 1 atom stereocenters. The highest BCUT2D eigenvalue weighted by molar-refractivity contribution is 8.76. The molecule has 2 aromatic heterocycles. The van der Waals surface area contributed by atoms with Crippen LogP contribution in [0.25, 0.3) is 11.2 Å². The number of hydrogen-bond donors (Lipinski definition) is 1. The Balaban J connectivity index is 1.28. The van der Waals surface area contributed by atoms with Crippen LogP contribution in [0.5, 0.6) is 0 Å². The predicted molar refractivity (Wildman–Crippen MR) is 164 cm³/mol. The molecule has 8 heteroatoms. The zero-order chi connectivity index (χ0) is 26.4. The first-order valence-electron chi connectivity index (χ1n) is 15.0. The van der Waals surface area contributed by atoms with Crippen LogP contribution in [0.3, 0.4) is 0 Å². The summed E-state index contributed by atoms with van der Waals surface area (Å²) in [4.78, 5) is 12.6. The van der Waals surface area contributed by atoms with E-state index >= 15 is 0 Å². The summed E-state index contributed by atoms with van der Waals surface area (Å²) in [7, 11) is 4.02. The summed E-state index contributed by atoms with van der Waals surface area (Å²) in [6, 6.07) is 0. The number of ether oxygens (including phenoxy) is 1. The number of fused-ring (bicyclic) bond motifs is 1. The SMILES string of the molecule is CCCCCCCCCCCCCCCCCCSSCCCOC(C)Cn1cnc2c(N)ncnc21. The molecule has 37 heavy (non-hydrogen) atoms. The molecule has 0 bridgehead atoms. The van der Waals surface area contributed by atoms with E-state index in [1.165, 1.54) is 115 Å². The van der Waals surface area contributed by atoms with Gasteiger partial charge in [-0.2, -0.15) is 0 Å². The molecule has 0 aliphatic carbocycles. The van der Waals surface area contributed by atoms with E-state index in [-0.39, 0.29) is 6.10 Å². The molecule has 6 nitrogen and oxygen atoms in total. The second-order valence-electron chi connectivity index (χ2n) is 10.3. The highest BCUT2D eigenvalue weighted by atomic mass is 33.1. The fraction of sp³-hybridized carbons (Fsp3) is 0.828. The molecule has 0 fully saturated rings. The number of hydrogen-bond acceptors (Lipinski definition) is 7. The number of nitrogens with zero attached hydrogens (tertiary/aromatic N) is 4. The Morgan fingerprint density at radius 2 is 1.30 bits per heavy atom. The van der Waals surface area contributed by atoms with Gasteiger partial charge >= 0.3 is 0 Å². The highest BCUT2D eigenvalue weighted by Crippen LogP contribution is 2.24. The van der Waals surface area contributed by atoms with E-state index in [9.17, 15) is 0 Å². The van der Waals surface area contributed by atoms with Crippen LogP contribution in [0.2, 0.25) is 0 Å². The van der Waals surface area contributed by atoms with E-state index in [0.717, 1.165) is 24.4 Å². The monoisotopic (exact) mass is 551 g/mol. The van der Waals surface area contributed by atoms with Gasteiger partial charge in [0.05, 0.1) is 19.0 Å². The summed E-state index contributed by atoms with van der Waals surface area (Å²) in [5, 5.41) is 0. The molecule has 0 aliphatic rings. The molecule has 0 saturated carbocycles. The van der Waals surface area contributed by atoms with Crippen LogP contribution in [0.4, 0.5) is 5.82 Å². The van der Waals surface area contributed by atoms with Gasteiger partial charge in [0.2, 0.25) is 0 Å².